The molecule has 1 aromatic carbocycles. The predicted molar refractivity (Wildman–Crippen MR) is 67.1 cm³/mol. The molecule has 0 saturated carbocycles. The van der Waals surface area contributed by atoms with Crippen LogP contribution in [0.5, 0.6) is 5.75 Å². The first-order chi connectivity index (χ1) is 8.08. The van der Waals surface area contributed by atoms with Crippen LogP contribution in [0.2, 0.25) is 0 Å². The summed E-state index contributed by atoms with van der Waals surface area (Å²) in [6, 6.07) is 4.97. The van der Waals surface area contributed by atoms with E-state index in [4.69, 9.17) is 9.47 Å². The second kappa shape index (κ2) is 6.45. The quantitative estimate of drug-likeness (QED) is 0.830. The largest absolute Gasteiger partial charge is 0.491 e. The molecule has 0 radical (unpaired) electrons. The van der Waals surface area contributed by atoms with Crippen LogP contribution >= 0.6 is 0 Å². The molecule has 0 bridgehead atoms. The first-order valence-electron chi connectivity index (χ1n) is 5.80. The molecular weight excluding hydrogens is 221 g/mol. The predicted octanol–water partition coefficient (Wildman–Crippen LogP) is 3.06. The Balaban J connectivity index is 2.70. The van der Waals surface area contributed by atoms with Crippen LogP contribution in [0.3, 0.4) is 0 Å². The molecule has 0 aliphatic heterocycles. The van der Waals surface area contributed by atoms with Gasteiger partial charge < -0.3 is 14.8 Å². The molecule has 2 atom stereocenters. The molecule has 4 heteroatoms. The molecule has 0 aliphatic rings. The van der Waals surface area contributed by atoms with E-state index in [9.17, 15) is 4.39 Å². The van der Waals surface area contributed by atoms with Gasteiger partial charge in [-0.3, -0.25) is 0 Å². The fourth-order valence-corrected chi connectivity index (χ4v) is 1.45. The van der Waals surface area contributed by atoms with E-state index in [1.165, 1.54) is 6.07 Å². The summed E-state index contributed by atoms with van der Waals surface area (Å²) in [6.07, 6.45) is 0.0598. The van der Waals surface area contributed by atoms with Crippen molar-refractivity contribution in [3.8, 4) is 5.75 Å². The number of halogens is 1. The number of ether oxygens (including phenoxy) is 2. The molecule has 1 N–H and O–H groups in total. The maximum absolute atomic E-state index is 13.6. The van der Waals surface area contributed by atoms with E-state index in [0.29, 0.717) is 6.61 Å². The Morgan fingerprint density at radius 3 is 2.59 bits per heavy atom. The fraction of sp³-hybridized carbons (Fsp3) is 0.538. The van der Waals surface area contributed by atoms with E-state index < -0.39 is 0 Å². The monoisotopic (exact) mass is 241 g/mol. The molecule has 0 fully saturated rings. The standard InChI is InChI=1S/C13H20FNO2/c1-5-17-13-7-6-11(8-12(13)14)15-9(2)10(3)16-4/h6-10,15H,5H2,1-4H3. The number of nitrogens with one attached hydrogen (secondary N) is 1. The van der Waals surface area contributed by atoms with Crippen molar-refractivity contribution in [2.75, 3.05) is 19.0 Å². The Kier molecular flexibility index (Phi) is 5.22. The molecule has 3 nitrogen and oxygen atoms in total. The third-order valence-electron chi connectivity index (χ3n) is 2.70. The molecule has 1 aromatic rings. The van der Waals surface area contributed by atoms with E-state index in [-0.39, 0.29) is 23.7 Å². The van der Waals surface area contributed by atoms with Crippen molar-refractivity contribution in [1.29, 1.82) is 0 Å². The second-order valence-electron chi connectivity index (χ2n) is 3.95. The Hall–Kier alpha value is -1.29. The van der Waals surface area contributed by atoms with Crippen molar-refractivity contribution >= 4 is 5.69 Å². The van der Waals surface area contributed by atoms with Gasteiger partial charge in [0.2, 0.25) is 0 Å². The number of hydrogen-bond donors (Lipinski definition) is 1. The summed E-state index contributed by atoms with van der Waals surface area (Å²) >= 11 is 0. The van der Waals surface area contributed by atoms with Crippen molar-refractivity contribution < 1.29 is 13.9 Å². The lowest BCUT2D eigenvalue weighted by atomic mass is 10.2. The molecule has 17 heavy (non-hydrogen) atoms. The summed E-state index contributed by atoms with van der Waals surface area (Å²) in [5.41, 5.74) is 0.724. The second-order valence-corrected chi connectivity index (χ2v) is 3.95. The van der Waals surface area contributed by atoms with Gasteiger partial charge in [-0.1, -0.05) is 0 Å². The van der Waals surface area contributed by atoms with Gasteiger partial charge in [-0.2, -0.15) is 0 Å². The zero-order valence-corrected chi connectivity index (χ0v) is 10.8. The number of rotatable bonds is 6. The lowest BCUT2D eigenvalue weighted by Crippen LogP contribution is -2.29. The summed E-state index contributed by atoms with van der Waals surface area (Å²) < 4.78 is 23.9. The third-order valence-corrected chi connectivity index (χ3v) is 2.70. The number of benzene rings is 1. The lowest BCUT2D eigenvalue weighted by Gasteiger charge is -2.21. The van der Waals surface area contributed by atoms with Crippen molar-refractivity contribution in [3.05, 3.63) is 24.0 Å². The molecule has 0 spiro atoms. The molecule has 0 aromatic heterocycles. The zero-order valence-electron chi connectivity index (χ0n) is 10.8. The van der Waals surface area contributed by atoms with E-state index in [0.717, 1.165) is 5.69 Å². The van der Waals surface area contributed by atoms with Crippen LogP contribution in [0.1, 0.15) is 20.8 Å². The number of hydrogen-bond acceptors (Lipinski definition) is 3. The highest BCUT2D eigenvalue weighted by Gasteiger charge is 2.12. The van der Waals surface area contributed by atoms with Gasteiger partial charge in [-0.25, -0.2) is 4.39 Å². The number of methoxy groups -OCH3 is 1. The van der Waals surface area contributed by atoms with Gasteiger partial charge in [0, 0.05) is 24.9 Å². The normalized spacial score (nSPS) is 14.2. The first-order valence-corrected chi connectivity index (χ1v) is 5.80. The minimum atomic E-state index is -0.353. The van der Waals surface area contributed by atoms with Gasteiger partial charge in [0.1, 0.15) is 0 Å². The van der Waals surface area contributed by atoms with Crippen LogP contribution in [0.25, 0.3) is 0 Å². The van der Waals surface area contributed by atoms with Crippen molar-refractivity contribution in [3.63, 3.8) is 0 Å². The Bertz CT molecular complexity index is 357. The molecular formula is C13H20FNO2. The van der Waals surface area contributed by atoms with Gasteiger partial charge in [0.05, 0.1) is 12.7 Å². The lowest BCUT2D eigenvalue weighted by molar-refractivity contribution is 0.106. The summed E-state index contributed by atoms with van der Waals surface area (Å²) in [5.74, 6) is -0.0698. The Labute approximate surface area is 102 Å². The van der Waals surface area contributed by atoms with Gasteiger partial charge in [-0.05, 0) is 32.9 Å². The van der Waals surface area contributed by atoms with Crippen molar-refractivity contribution in [1.82, 2.24) is 0 Å². The van der Waals surface area contributed by atoms with Crippen LogP contribution in [-0.4, -0.2) is 25.9 Å². The molecule has 0 saturated heterocycles. The highest BCUT2D eigenvalue weighted by molar-refractivity contribution is 5.48. The average Bonchev–Trinajstić information content (AvgIpc) is 2.31. The first kappa shape index (κ1) is 13.8. The molecule has 96 valence electrons. The summed E-state index contributed by atoms with van der Waals surface area (Å²) in [6.45, 7) is 6.24. The minimum absolute atomic E-state index is 0.0598. The zero-order chi connectivity index (χ0) is 12.8. The maximum Gasteiger partial charge on any atom is 0.167 e. The molecule has 0 heterocycles. The van der Waals surface area contributed by atoms with E-state index in [1.807, 2.05) is 20.8 Å². The van der Waals surface area contributed by atoms with E-state index in [1.54, 1.807) is 19.2 Å². The Morgan fingerprint density at radius 2 is 2.06 bits per heavy atom. The summed E-state index contributed by atoms with van der Waals surface area (Å²) in [7, 11) is 1.65. The fourth-order valence-electron chi connectivity index (χ4n) is 1.45. The maximum atomic E-state index is 13.6. The third kappa shape index (κ3) is 3.89. The van der Waals surface area contributed by atoms with Crippen LogP contribution < -0.4 is 10.1 Å². The van der Waals surface area contributed by atoms with Crippen LogP contribution in [0.15, 0.2) is 18.2 Å². The van der Waals surface area contributed by atoms with E-state index in [2.05, 4.69) is 5.32 Å². The van der Waals surface area contributed by atoms with E-state index >= 15 is 0 Å². The van der Waals surface area contributed by atoms with Crippen LogP contribution in [-0.2, 0) is 4.74 Å². The molecule has 0 aliphatic carbocycles. The topological polar surface area (TPSA) is 30.5 Å². The van der Waals surface area contributed by atoms with Crippen LogP contribution in [0.4, 0.5) is 10.1 Å². The summed E-state index contributed by atoms with van der Waals surface area (Å²) in [5, 5.41) is 3.18. The SMILES string of the molecule is CCOc1ccc(NC(C)C(C)OC)cc1F. The number of anilines is 1. The van der Waals surface area contributed by atoms with Crippen LogP contribution in [0, 0.1) is 5.82 Å². The van der Waals surface area contributed by atoms with Gasteiger partial charge in [-0.15, -0.1) is 0 Å². The van der Waals surface area contributed by atoms with Gasteiger partial charge in [0.15, 0.2) is 11.6 Å². The molecule has 0 amide bonds. The molecule has 1 rings (SSSR count). The van der Waals surface area contributed by atoms with Gasteiger partial charge >= 0.3 is 0 Å². The highest BCUT2D eigenvalue weighted by atomic mass is 19.1. The average molecular weight is 241 g/mol. The smallest absolute Gasteiger partial charge is 0.167 e. The highest BCUT2D eigenvalue weighted by Crippen LogP contribution is 2.22. The van der Waals surface area contributed by atoms with Crippen molar-refractivity contribution in [2.45, 2.75) is 32.9 Å². The summed E-state index contributed by atoms with van der Waals surface area (Å²) in [4.78, 5) is 0. The molecule has 2 unspecified atom stereocenters. The minimum Gasteiger partial charge on any atom is -0.491 e. The Morgan fingerprint density at radius 1 is 1.35 bits per heavy atom. The van der Waals surface area contributed by atoms with Gasteiger partial charge in [0.25, 0.3) is 0 Å². The van der Waals surface area contributed by atoms with Crippen molar-refractivity contribution in [2.24, 2.45) is 0 Å².